The van der Waals surface area contributed by atoms with Crippen molar-refractivity contribution in [2.75, 3.05) is 0 Å². The average molecular weight is 479 g/mol. The number of benzene rings is 1. The highest BCUT2D eigenvalue weighted by molar-refractivity contribution is 5.26. The van der Waals surface area contributed by atoms with E-state index in [2.05, 4.69) is 38.1 Å². The van der Waals surface area contributed by atoms with Gasteiger partial charge in [0.15, 0.2) is 0 Å². The quantitative estimate of drug-likeness (QED) is 0.262. The van der Waals surface area contributed by atoms with Gasteiger partial charge in [-0.2, -0.15) is 0 Å². The monoisotopic (exact) mass is 478 g/mol. The molecule has 1 aromatic rings. The number of unbranched alkanes of at least 4 members (excludes halogenated alkanes) is 3. The van der Waals surface area contributed by atoms with Gasteiger partial charge in [-0.3, -0.25) is 0 Å². The fourth-order valence-corrected chi connectivity index (χ4v) is 8.28. The molecule has 3 aliphatic rings. The Morgan fingerprint density at radius 2 is 1.06 bits per heavy atom. The van der Waals surface area contributed by atoms with Crippen molar-refractivity contribution in [2.45, 2.75) is 155 Å². The molecular weight excluding hydrogens is 420 g/mol. The van der Waals surface area contributed by atoms with Crippen LogP contribution < -0.4 is 0 Å². The summed E-state index contributed by atoms with van der Waals surface area (Å²) in [7, 11) is 0. The Balaban J connectivity index is 1.11. The van der Waals surface area contributed by atoms with Crippen molar-refractivity contribution >= 4 is 0 Å². The van der Waals surface area contributed by atoms with Gasteiger partial charge < -0.3 is 0 Å². The predicted molar refractivity (Wildman–Crippen MR) is 154 cm³/mol. The molecule has 0 nitrogen and oxygen atoms in total. The third-order valence-corrected chi connectivity index (χ3v) is 10.8. The van der Waals surface area contributed by atoms with Crippen LogP contribution in [-0.4, -0.2) is 0 Å². The van der Waals surface area contributed by atoms with Crippen LogP contribution in [0.4, 0.5) is 0 Å². The standard InChI is InChI=1S/C35H58/c1-3-5-6-7-9-29-14-22-33(23-15-29)35-26-18-31(19-27-35)11-10-30-16-24-34(25-17-30)32-20-12-28(8-4-2)13-21-32/h18-19,26-30,32-34H,3-17,20-25H2,1-2H3/t28-,29-,30-,32-,33-,34-. The molecular formula is C35H58. The van der Waals surface area contributed by atoms with E-state index in [1.807, 2.05) is 0 Å². The number of aryl methyl sites for hydroxylation is 1. The lowest BCUT2D eigenvalue weighted by molar-refractivity contribution is 0.141. The SMILES string of the molecule is CCCCCC[C@H]1CC[C@H](c2ccc(CC[C@H]3CC[C@H]([C@H]4CC[C@H](CCC)CC4)CC3)cc2)CC1. The van der Waals surface area contributed by atoms with Gasteiger partial charge in [-0.25, -0.2) is 0 Å². The first-order valence-electron chi connectivity index (χ1n) is 16.3. The van der Waals surface area contributed by atoms with Gasteiger partial charge in [0.05, 0.1) is 0 Å². The Morgan fingerprint density at radius 3 is 1.63 bits per heavy atom. The van der Waals surface area contributed by atoms with Gasteiger partial charge in [0.25, 0.3) is 0 Å². The minimum absolute atomic E-state index is 0.836. The highest BCUT2D eigenvalue weighted by atomic mass is 14.4. The molecule has 3 aliphatic carbocycles. The van der Waals surface area contributed by atoms with E-state index in [4.69, 9.17) is 0 Å². The Morgan fingerprint density at radius 1 is 0.514 bits per heavy atom. The van der Waals surface area contributed by atoms with E-state index in [9.17, 15) is 0 Å². The summed E-state index contributed by atoms with van der Waals surface area (Å²) in [5.41, 5.74) is 3.22. The van der Waals surface area contributed by atoms with Crippen LogP contribution in [0.25, 0.3) is 0 Å². The van der Waals surface area contributed by atoms with Crippen LogP contribution in [-0.2, 0) is 6.42 Å². The number of hydrogen-bond acceptors (Lipinski definition) is 0. The van der Waals surface area contributed by atoms with E-state index in [-0.39, 0.29) is 0 Å². The van der Waals surface area contributed by atoms with Crippen LogP contribution in [0.1, 0.15) is 159 Å². The van der Waals surface area contributed by atoms with Gasteiger partial charge in [0.1, 0.15) is 0 Å². The maximum atomic E-state index is 2.49. The summed E-state index contributed by atoms with van der Waals surface area (Å²) < 4.78 is 0. The summed E-state index contributed by atoms with van der Waals surface area (Å²) in [5.74, 6) is 6.06. The zero-order valence-corrected chi connectivity index (χ0v) is 23.6. The fraction of sp³-hybridized carbons (Fsp3) is 0.829. The minimum atomic E-state index is 0.836. The van der Waals surface area contributed by atoms with E-state index < -0.39 is 0 Å². The van der Waals surface area contributed by atoms with Crippen LogP contribution in [0, 0.1) is 29.6 Å². The van der Waals surface area contributed by atoms with Gasteiger partial charge >= 0.3 is 0 Å². The predicted octanol–water partition coefficient (Wildman–Crippen LogP) is 11.3. The smallest absolute Gasteiger partial charge is 0.0162 e. The first-order chi connectivity index (χ1) is 17.2. The molecule has 35 heavy (non-hydrogen) atoms. The Bertz CT molecular complexity index is 662. The maximum absolute atomic E-state index is 2.49. The molecule has 0 amide bonds. The molecule has 3 fully saturated rings. The number of hydrogen-bond donors (Lipinski definition) is 0. The molecule has 0 unspecified atom stereocenters. The van der Waals surface area contributed by atoms with E-state index in [1.165, 1.54) is 122 Å². The van der Waals surface area contributed by atoms with Gasteiger partial charge in [-0.15, -0.1) is 0 Å². The van der Waals surface area contributed by atoms with Crippen molar-refractivity contribution in [1.29, 1.82) is 0 Å². The number of rotatable bonds is 12. The Hall–Kier alpha value is -0.780. The molecule has 198 valence electrons. The van der Waals surface area contributed by atoms with E-state index in [0.717, 1.165) is 35.5 Å². The molecule has 0 atom stereocenters. The fourth-order valence-electron chi connectivity index (χ4n) is 8.28. The minimum Gasteiger partial charge on any atom is -0.0654 e. The van der Waals surface area contributed by atoms with Gasteiger partial charge in [-0.1, -0.05) is 109 Å². The Kier molecular flexibility index (Phi) is 11.6. The topological polar surface area (TPSA) is 0 Å². The molecule has 0 N–H and O–H groups in total. The Labute approximate surface area is 219 Å². The molecule has 0 aromatic heterocycles. The molecule has 0 saturated heterocycles. The van der Waals surface area contributed by atoms with Crippen LogP contribution in [0.2, 0.25) is 0 Å². The van der Waals surface area contributed by atoms with Crippen LogP contribution in [0.3, 0.4) is 0 Å². The average Bonchev–Trinajstić information content (AvgIpc) is 2.92. The van der Waals surface area contributed by atoms with Gasteiger partial charge in [-0.05, 0) is 111 Å². The van der Waals surface area contributed by atoms with Gasteiger partial charge in [0.2, 0.25) is 0 Å². The summed E-state index contributed by atoms with van der Waals surface area (Å²) in [4.78, 5) is 0. The molecule has 0 radical (unpaired) electrons. The lowest BCUT2D eigenvalue weighted by atomic mass is 9.68. The maximum Gasteiger partial charge on any atom is -0.0162 e. The van der Waals surface area contributed by atoms with Crippen molar-refractivity contribution in [3.05, 3.63) is 35.4 Å². The lowest BCUT2D eigenvalue weighted by Crippen LogP contribution is -2.26. The third kappa shape index (κ3) is 8.64. The molecule has 0 heteroatoms. The summed E-state index contributed by atoms with van der Waals surface area (Å²) in [6.45, 7) is 4.68. The molecule has 0 spiro atoms. The van der Waals surface area contributed by atoms with E-state index in [1.54, 1.807) is 24.0 Å². The van der Waals surface area contributed by atoms with Gasteiger partial charge in [0, 0.05) is 0 Å². The van der Waals surface area contributed by atoms with Crippen LogP contribution in [0.5, 0.6) is 0 Å². The van der Waals surface area contributed by atoms with Crippen molar-refractivity contribution in [3.63, 3.8) is 0 Å². The first-order valence-corrected chi connectivity index (χ1v) is 16.3. The lowest BCUT2D eigenvalue weighted by Gasteiger charge is -2.38. The molecule has 0 bridgehead atoms. The summed E-state index contributed by atoms with van der Waals surface area (Å²) in [6, 6.07) is 9.94. The molecule has 4 rings (SSSR count). The van der Waals surface area contributed by atoms with E-state index >= 15 is 0 Å². The zero-order chi connectivity index (χ0) is 24.3. The normalized spacial score (nSPS) is 31.9. The van der Waals surface area contributed by atoms with Crippen molar-refractivity contribution in [1.82, 2.24) is 0 Å². The second-order valence-electron chi connectivity index (χ2n) is 13.2. The summed E-state index contributed by atoms with van der Waals surface area (Å²) in [6.07, 6.45) is 30.9. The molecule has 1 aromatic carbocycles. The largest absolute Gasteiger partial charge is 0.0654 e. The summed E-state index contributed by atoms with van der Waals surface area (Å²) >= 11 is 0. The van der Waals surface area contributed by atoms with Crippen LogP contribution >= 0.6 is 0 Å². The van der Waals surface area contributed by atoms with E-state index in [0.29, 0.717) is 0 Å². The summed E-state index contributed by atoms with van der Waals surface area (Å²) in [5, 5.41) is 0. The molecule has 3 saturated carbocycles. The zero-order valence-electron chi connectivity index (χ0n) is 23.6. The van der Waals surface area contributed by atoms with Crippen LogP contribution in [0.15, 0.2) is 24.3 Å². The second-order valence-corrected chi connectivity index (χ2v) is 13.2. The second kappa shape index (κ2) is 14.8. The highest BCUT2D eigenvalue weighted by Crippen LogP contribution is 2.43. The first kappa shape index (κ1) is 27.3. The highest BCUT2D eigenvalue weighted by Gasteiger charge is 2.30. The van der Waals surface area contributed by atoms with Crippen molar-refractivity contribution < 1.29 is 0 Å². The molecule has 0 heterocycles. The third-order valence-electron chi connectivity index (χ3n) is 10.8. The molecule has 0 aliphatic heterocycles. The van der Waals surface area contributed by atoms with Crippen molar-refractivity contribution in [2.24, 2.45) is 29.6 Å². The van der Waals surface area contributed by atoms with Crippen molar-refractivity contribution in [3.8, 4) is 0 Å².